The molecular formula is C21H20N4O3. The number of rotatable bonds is 5. The average molecular weight is 376 g/mol. The van der Waals surface area contributed by atoms with Crippen LogP contribution >= 0.6 is 0 Å². The third-order valence-corrected chi connectivity index (χ3v) is 3.94. The molecule has 2 aromatic carbocycles. The first-order valence-electron chi connectivity index (χ1n) is 8.64. The van der Waals surface area contributed by atoms with Crippen LogP contribution in [0.3, 0.4) is 0 Å². The van der Waals surface area contributed by atoms with Gasteiger partial charge in [0.2, 0.25) is 5.95 Å². The molecule has 0 fully saturated rings. The summed E-state index contributed by atoms with van der Waals surface area (Å²) >= 11 is 0. The van der Waals surface area contributed by atoms with E-state index in [1.807, 2.05) is 31.2 Å². The quantitative estimate of drug-likeness (QED) is 0.657. The topological polar surface area (TPSA) is 93.2 Å². The summed E-state index contributed by atoms with van der Waals surface area (Å²) < 4.78 is 4.75. The number of aromatic nitrogens is 2. The molecule has 0 aliphatic heterocycles. The second-order valence-corrected chi connectivity index (χ2v) is 6.20. The number of anilines is 3. The fraction of sp³-hybridized carbons (Fsp3) is 0.143. The number of hydrogen-bond donors (Lipinski definition) is 2. The van der Waals surface area contributed by atoms with Crippen molar-refractivity contribution in [2.24, 2.45) is 0 Å². The van der Waals surface area contributed by atoms with E-state index in [1.165, 1.54) is 7.11 Å². The Kier molecular flexibility index (Phi) is 5.64. The summed E-state index contributed by atoms with van der Waals surface area (Å²) in [5, 5.41) is 5.82. The van der Waals surface area contributed by atoms with E-state index in [1.54, 1.807) is 37.3 Å². The summed E-state index contributed by atoms with van der Waals surface area (Å²) in [7, 11) is 1.29. The van der Waals surface area contributed by atoms with Crippen LogP contribution in [0.4, 0.5) is 17.3 Å². The number of benzene rings is 2. The van der Waals surface area contributed by atoms with E-state index in [2.05, 4.69) is 20.6 Å². The van der Waals surface area contributed by atoms with Gasteiger partial charge in [-0.15, -0.1) is 0 Å². The number of ether oxygens (including phenoxy) is 1. The largest absolute Gasteiger partial charge is 0.465 e. The molecule has 0 saturated heterocycles. The number of nitrogens with one attached hydrogen (secondary N) is 2. The zero-order valence-electron chi connectivity index (χ0n) is 15.8. The first-order chi connectivity index (χ1) is 13.5. The Morgan fingerprint density at radius 2 is 1.75 bits per heavy atom. The average Bonchev–Trinajstić information content (AvgIpc) is 2.67. The molecule has 7 nitrogen and oxygen atoms in total. The van der Waals surface area contributed by atoms with Crippen LogP contribution in [0.15, 0.2) is 54.6 Å². The Bertz CT molecular complexity index is 1030. The van der Waals surface area contributed by atoms with Gasteiger partial charge in [0.25, 0.3) is 5.91 Å². The molecule has 0 spiro atoms. The van der Waals surface area contributed by atoms with Gasteiger partial charge in [-0.3, -0.25) is 4.79 Å². The number of aryl methyl sites for hydroxylation is 2. The molecule has 3 aromatic rings. The minimum atomic E-state index is -0.531. The molecular weight excluding hydrogens is 356 g/mol. The molecule has 142 valence electrons. The Labute approximate surface area is 162 Å². The highest BCUT2D eigenvalue weighted by Gasteiger charge is 2.16. The number of carbonyl (C=O) groups excluding carboxylic acids is 2. The van der Waals surface area contributed by atoms with Crippen molar-refractivity contribution in [3.05, 3.63) is 77.1 Å². The second-order valence-electron chi connectivity index (χ2n) is 6.20. The van der Waals surface area contributed by atoms with Crippen molar-refractivity contribution < 1.29 is 14.3 Å². The molecule has 1 amide bonds. The molecule has 0 bridgehead atoms. The maximum atomic E-state index is 12.7. The number of hydrogen-bond acceptors (Lipinski definition) is 6. The lowest BCUT2D eigenvalue weighted by atomic mass is 10.1. The lowest BCUT2D eigenvalue weighted by molar-refractivity contribution is 0.0602. The first-order valence-corrected chi connectivity index (χ1v) is 8.64. The zero-order valence-corrected chi connectivity index (χ0v) is 15.8. The van der Waals surface area contributed by atoms with Gasteiger partial charge >= 0.3 is 5.97 Å². The van der Waals surface area contributed by atoms with Crippen molar-refractivity contribution in [2.75, 3.05) is 17.7 Å². The predicted octanol–water partition coefficient (Wildman–Crippen LogP) is 3.88. The van der Waals surface area contributed by atoms with E-state index < -0.39 is 11.9 Å². The molecule has 1 heterocycles. The number of para-hydroxylation sites is 1. The highest BCUT2D eigenvalue weighted by Crippen LogP contribution is 2.19. The van der Waals surface area contributed by atoms with Crippen molar-refractivity contribution in [1.29, 1.82) is 0 Å². The number of amides is 1. The summed E-state index contributed by atoms with van der Waals surface area (Å²) in [6, 6.07) is 16.0. The Morgan fingerprint density at radius 3 is 2.50 bits per heavy atom. The molecule has 2 N–H and O–H groups in total. The van der Waals surface area contributed by atoms with Gasteiger partial charge in [-0.1, -0.05) is 24.3 Å². The molecule has 0 saturated carbocycles. The maximum absolute atomic E-state index is 12.7. The van der Waals surface area contributed by atoms with E-state index in [0.717, 1.165) is 11.3 Å². The van der Waals surface area contributed by atoms with Gasteiger partial charge in [-0.2, -0.15) is 0 Å². The van der Waals surface area contributed by atoms with Crippen molar-refractivity contribution in [3.8, 4) is 0 Å². The van der Waals surface area contributed by atoms with Gasteiger partial charge in [-0.25, -0.2) is 14.8 Å². The molecule has 0 aliphatic rings. The summed E-state index contributed by atoms with van der Waals surface area (Å²) in [5.41, 5.74) is 3.35. The minimum Gasteiger partial charge on any atom is -0.465 e. The van der Waals surface area contributed by atoms with Gasteiger partial charge in [-0.05, 0) is 49.7 Å². The van der Waals surface area contributed by atoms with Crippen molar-refractivity contribution in [3.63, 3.8) is 0 Å². The number of esters is 1. The predicted molar refractivity (Wildman–Crippen MR) is 107 cm³/mol. The molecule has 3 rings (SSSR count). The lowest BCUT2D eigenvalue weighted by Gasteiger charge is -2.11. The maximum Gasteiger partial charge on any atom is 0.339 e. The monoisotopic (exact) mass is 376 g/mol. The van der Waals surface area contributed by atoms with Crippen LogP contribution < -0.4 is 10.6 Å². The summed E-state index contributed by atoms with van der Waals surface area (Å²) in [5.74, 6) is -0.664. The van der Waals surface area contributed by atoms with E-state index in [-0.39, 0.29) is 11.3 Å². The standard InChI is InChI=1S/C21H20N4O3/c1-13-7-6-8-15(11-13)23-21-22-14(2)12-18(25-21)19(26)24-17-10-5-4-9-16(17)20(27)28-3/h4-12H,1-3H3,(H,24,26)(H,22,23,25). The zero-order chi connectivity index (χ0) is 20.1. The fourth-order valence-corrected chi connectivity index (χ4v) is 2.66. The third kappa shape index (κ3) is 4.50. The van der Waals surface area contributed by atoms with Crippen LogP contribution in [-0.2, 0) is 4.74 Å². The number of nitrogens with zero attached hydrogens (tertiary/aromatic N) is 2. The number of methoxy groups -OCH3 is 1. The minimum absolute atomic E-state index is 0.183. The molecule has 0 atom stereocenters. The van der Waals surface area contributed by atoms with Crippen LogP contribution in [0.1, 0.15) is 32.1 Å². The molecule has 1 aromatic heterocycles. The fourth-order valence-electron chi connectivity index (χ4n) is 2.66. The Hall–Kier alpha value is -3.74. The van der Waals surface area contributed by atoms with E-state index in [9.17, 15) is 9.59 Å². The molecule has 0 aliphatic carbocycles. The lowest BCUT2D eigenvalue weighted by Crippen LogP contribution is -2.17. The Balaban J connectivity index is 1.85. The summed E-state index contributed by atoms with van der Waals surface area (Å²) in [6.07, 6.45) is 0. The van der Waals surface area contributed by atoms with Crippen LogP contribution in [0.25, 0.3) is 0 Å². The van der Waals surface area contributed by atoms with Crippen LogP contribution in [0.5, 0.6) is 0 Å². The van der Waals surface area contributed by atoms with Gasteiger partial charge in [0.05, 0.1) is 18.4 Å². The summed E-state index contributed by atoms with van der Waals surface area (Å²) in [6.45, 7) is 3.77. The van der Waals surface area contributed by atoms with E-state index >= 15 is 0 Å². The second kappa shape index (κ2) is 8.30. The molecule has 7 heteroatoms. The van der Waals surface area contributed by atoms with Gasteiger partial charge in [0.15, 0.2) is 0 Å². The highest BCUT2D eigenvalue weighted by atomic mass is 16.5. The van der Waals surface area contributed by atoms with Crippen molar-refractivity contribution >= 4 is 29.2 Å². The van der Waals surface area contributed by atoms with Crippen LogP contribution in [0, 0.1) is 13.8 Å². The highest BCUT2D eigenvalue weighted by molar-refractivity contribution is 6.07. The van der Waals surface area contributed by atoms with Crippen LogP contribution in [-0.4, -0.2) is 29.0 Å². The smallest absolute Gasteiger partial charge is 0.339 e. The number of carbonyl (C=O) groups is 2. The third-order valence-electron chi connectivity index (χ3n) is 3.94. The van der Waals surface area contributed by atoms with Gasteiger partial charge in [0, 0.05) is 11.4 Å². The van der Waals surface area contributed by atoms with Gasteiger partial charge < -0.3 is 15.4 Å². The van der Waals surface area contributed by atoms with Crippen LogP contribution in [0.2, 0.25) is 0 Å². The molecule has 0 unspecified atom stereocenters. The molecule has 28 heavy (non-hydrogen) atoms. The van der Waals surface area contributed by atoms with Crippen molar-refractivity contribution in [2.45, 2.75) is 13.8 Å². The SMILES string of the molecule is COC(=O)c1ccccc1NC(=O)c1cc(C)nc(Nc2cccc(C)c2)n1. The Morgan fingerprint density at radius 1 is 0.964 bits per heavy atom. The van der Waals surface area contributed by atoms with Crippen molar-refractivity contribution in [1.82, 2.24) is 9.97 Å². The van der Waals surface area contributed by atoms with Gasteiger partial charge in [0.1, 0.15) is 5.69 Å². The van der Waals surface area contributed by atoms with E-state index in [4.69, 9.17) is 4.74 Å². The molecule has 0 radical (unpaired) electrons. The first kappa shape index (κ1) is 19.0. The normalized spacial score (nSPS) is 10.2. The van der Waals surface area contributed by atoms with E-state index in [0.29, 0.717) is 17.3 Å². The summed E-state index contributed by atoms with van der Waals surface area (Å²) in [4.78, 5) is 33.2.